The van der Waals surface area contributed by atoms with Crippen LogP contribution in [0.25, 0.3) is 10.2 Å². The number of rotatable bonds is 8. The van der Waals surface area contributed by atoms with Crippen molar-refractivity contribution in [3.8, 4) is 0 Å². The molecule has 1 heterocycles. The first-order valence-corrected chi connectivity index (χ1v) is 13.6. The molecule has 0 aliphatic rings. The van der Waals surface area contributed by atoms with Crippen molar-refractivity contribution in [3.63, 3.8) is 0 Å². The molecule has 1 amide bonds. The van der Waals surface area contributed by atoms with Crippen molar-refractivity contribution in [2.24, 2.45) is 4.99 Å². The summed E-state index contributed by atoms with van der Waals surface area (Å²) in [6.07, 6.45) is 0. The standard InChI is InChI=1S/C25H24ClN3O4S2/c1-3-33-16-15-29-23-20(26)8-6-10-22(23)34-25(29)27-24(30)19-7-4-5-9-21(19)28-35(31,32)18-13-11-17(2)12-14-18/h4-14,28H,3,15-16H2,1-2H3. The predicted molar refractivity (Wildman–Crippen MR) is 140 cm³/mol. The monoisotopic (exact) mass is 529 g/mol. The zero-order valence-electron chi connectivity index (χ0n) is 19.2. The molecule has 10 heteroatoms. The predicted octanol–water partition coefficient (Wildman–Crippen LogP) is 5.24. The molecule has 0 bridgehead atoms. The number of carbonyl (C=O) groups excluding carboxylic acids is 1. The van der Waals surface area contributed by atoms with Crippen LogP contribution < -0.4 is 9.52 Å². The van der Waals surface area contributed by atoms with E-state index in [2.05, 4.69) is 9.71 Å². The largest absolute Gasteiger partial charge is 0.380 e. The summed E-state index contributed by atoms with van der Waals surface area (Å²) in [4.78, 5) is 18.2. The maximum Gasteiger partial charge on any atom is 0.281 e. The van der Waals surface area contributed by atoms with Crippen LogP contribution in [0.3, 0.4) is 0 Å². The number of aromatic nitrogens is 1. The third-order valence-corrected chi connectivity index (χ3v) is 7.98. The number of hydrogen-bond donors (Lipinski definition) is 1. The van der Waals surface area contributed by atoms with Gasteiger partial charge in [-0.05, 0) is 50.2 Å². The van der Waals surface area contributed by atoms with E-state index in [1.807, 2.05) is 30.5 Å². The van der Waals surface area contributed by atoms with Crippen LogP contribution in [-0.2, 0) is 21.3 Å². The van der Waals surface area contributed by atoms with E-state index in [0.29, 0.717) is 29.6 Å². The van der Waals surface area contributed by atoms with Crippen molar-refractivity contribution in [2.75, 3.05) is 17.9 Å². The number of halogens is 1. The maximum absolute atomic E-state index is 13.3. The van der Waals surface area contributed by atoms with Gasteiger partial charge >= 0.3 is 0 Å². The summed E-state index contributed by atoms with van der Waals surface area (Å²) in [6, 6.07) is 18.4. The number of para-hydroxylation sites is 2. The summed E-state index contributed by atoms with van der Waals surface area (Å²) in [6.45, 7) is 5.25. The Labute approximate surface area is 212 Å². The number of amides is 1. The van der Waals surface area contributed by atoms with E-state index in [9.17, 15) is 13.2 Å². The third-order valence-electron chi connectivity index (χ3n) is 5.25. The smallest absolute Gasteiger partial charge is 0.281 e. The second-order valence-corrected chi connectivity index (χ2v) is 10.8. The van der Waals surface area contributed by atoms with Crippen molar-refractivity contribution in [1.29, 1.82) is 0 Å². The highest BCUT2D eigenvalue weighted by Gasteiger charge is 2.19. The summed E-state index contributed by atoms with van der Waals surface area (Å²) in [5.74, 6) is -0.569. The molecule has 0 saturated carbocycles. The minimum atomic E-state index is -3.89. The SMILES string of the molecule is CCOCCn1c(=NC(=O)c2ccccc2NS(=O)(=O)c2ccc(C)cc2)sc2cccc(Cl)c21. The van der Waals surface area contributed by atoms with E-state index in [4.69, 9.17) is 16.3 Å². The lowest BCUT2D eigenvalue weighted by Gasteiger charge is -2.11. The van der Waals surface area contributed by atoms with E-state index < -0.39 is 15.9 Å². The number of sulfonamides is 1. The second-order valence-electron chi connectivity index (χ2n) is 7.70. The number of fused-ring (bicyclic) bond motifs is 1. The van der Waals surface area contributed by atoms with Gasteiger partial charge in [-0.1, -0.05) is 58.8 Å². The average molecular weight is 530 g/mol. The number of carbonyl (C=O) groups is 1. The van der Waals surface area contributed by atoms with Crippen molar-refractivity contribution >= 4 is 54.8 Å². The number of nitrogens with zero attached hydrogens (tertiary/aromatic N) is 2. The van der Waals surface area contributed by atoms with Gasteiger partial charge in [0.2, 0.25) is 0 Å². The van der Waals surface area contributed by atoms with Crippen molar-refractivity contribution in [1.82, 2.24) is 4.57 Å². The molecule has 0 aliphatic carbocycles. The molecule has 0 aliphatic heterocycles. The van der Waals surface area contributed by atoms with Gasteiger partial charge in [-0.15, -0.1) is 0 Å². The zero-order valence-corrected chi connectivity index (χ0v) is 21.6. The third kappa shape index (κ3) is 5.65. The van der Waals surface area contributed by atoms with E-state index in [0.717, 1.165) is 15.8 Å². The van der Waals surface area contributed by atoms with Crippen molar-refractivity contribution in [3.05, 3.63) is 87.7 Å². The Morgan fingerprint density at radius 2 is 1.83 bits per heavy atom. The fourth-order valence-electron chi connectivity index (χ4n) is 3.51. The lowest BCUT2D eigenvalue weighted by Crippen LogP contribution is -2.20. The number of benzene rings is 3. The first-order chi connectivity index (χ1) is 16.8. The molecule has 4 rings (SSSR count). The van der Waals surface area contributed by atoms with Crippen LogP contribution >= 0.6 is 22.9 Å². The first-order valence-electron chi connectivity index (χ1n) is 10.9. The molecule has 0 atom stereocenters. The molecule has 0 saturated heterocycles. The Bertz CT molecular complexity index is 1540. The van der Waals surface area contributed by atoms with Gasteiger partial charge in [0.25, 0.3) is 15.9 Å². The van der Waals surface area contributed by atoms with Crippen LogP contribution in [0.15, 0.2) is 76.6 Å². The van der Waals surface area contributed by atoms with Crippen LogP contribution in [0.1, 0.15) is 22.8 Å². The Morgan fingerprint density at radius 1 is 1.09 bits per heavy atom. The Morgan fingerprint density at radius 3 is 2.57 bits per heavy atom. The molecule has 7 nitrogen and oxygen atoms in total. The summed E-state index contributed by atoms with van der Waals surface area (Å²) < 4.78 is 36.6. The van der Waals surface area contributed by atoms with Gasteiger partial charge in [-0.3, -0.25) is 9.52 Å². The van der Waals surface area contributed by atoms with E-state index in [1.54, 1.807) is 42.5 Å². The molecule has 0 unspecified atom stereocenters. The minimum absolute atomic E-state index is 0.107. The van der Waals surface area contributed by atoms with Crippen LogP contribution in [0.4, 0.5) is 5.69 Å². The number of thiazole rings is 1. The molecule has 0 radical (unpaired) electrons. The molecular formula is C25H24ClN3O4S2. The normalized spacial score (nSPS) is 12.3. The van der Waals surface area contributed by atoms with Gasteiger partial charge in [0.1, 0.15) is 0 Å². The Hall–Kier alpha value is -2.98. The second kappa shape index (κ2) is 10.7. The number of ether oxygens (including phenoxy) is 1. The van der Waals surface area contributed by atoms with Gasteiger partial charge < -0.3 is 9.30 Å². The number of anilines is 1. The van der Waals surface area contributed by atoms with E-state index in [-0.39, 0.29) is 16.1 Å². The van der Waals surface area contributed by atoms with Crippen LogP contribution in [0.2, 0.25) is 5.02 Å². The Kier molecular flexibility index (Phi) is 7.71. The molecular weight excluding hydrogens is 506 g/mol. The fraction of sp³-hybridized carbons (Fsp3) is 0.200. The first kappa shape index (κ1) is 25.1. The van der Waals surface area contributed by atoms with Gasteiger partial charge in [-0.2, -0.15) is 4.99 Å². The zero-order chi connectivity index (χ0) is 25.0. The molecule has 1 aromatic heterocycles. The van der Waals surface area contributed by atoms with Gasteiger partial charge in [-0.25, -0.2) is 8.42 Å². The van der Waals surface area contributed by atoms with E-state index >= 15 is 0 Å². The number of aryl methyl sites for hydroxylation is 1. The highest BCUT2D eigenvalue weighted by atomic mass is 35.5. The molecule has 0 fully saturated rings. The average Bonchev–Trinajstić information content (AvgIpc) is 3.18. The van der Waals surface area contributed by atoms with Gasteiger partial charge in [0, 0.05) is 13.2 Å². The lowest BCUT2D eigenvalue weighted by atomic mass is 10.2. The van der Waals surface area contributed by atoms with Gasteiger partial charge in [0.15, 0.2) is 4.80 Å². The van der Waals surface area contributed by atoms with E-state index in [1.165, 1.54) is 23.5 Å². The lowest BCUT2D eigenvalue weighted by molar-refractivity contribution is 0.0997. The summed E-state index contributed by atoms with van der Waals surface area (Å²) in [5, 5.41) is 0.551. The summed E-state index contributed by atoms with van der Waals surface area (Å²) >= 11 is 7.78. The van der Waals surface area contributed by atoms with Crippen LogP contribution in [0, 0.1) is 6.92 Å². The molecule has 3 aromatic carbocycles. The quantitative estimate of drug-likeness (QED) is 0.316. The maximum atomic E-state index is 13.3. The van der Waals surface area contributed by atoms with Crippen molar-refractivity contribution < 1.29 is 17.9 Å². The van der Waals surface area contributed by atoms with Gasteiger partial charge in [0.05, 0.1) is 38.0 Å². The highest BCUT2D eigenvalue weighted by molar-refractivity contribution is 7.92. The van der Waals surface area contributed by atoms with Crippen molar-refractivity contribution in [2.45, 2.75) is 25.3 Å². The Balaban J connectivity index is 1.73. The number of nitrogens with one attached hydrogen (secondary N) is 1. The highest BCUT2D eigenvalue weighted by Crippen LogP contribution is 2.26. The molecule has 35 heavy (non-hydrogen) atoms. The fourth-order valence-corrected chi connectivity index (χ4v) is 6.00. The number of hydrogen-bond acceptors (Lipinski definition) is 5. The summed E-state index contributed by atoms with van der Waals surface area (Å²) in [7, 11) is -3.89. The van der Waals surface area contributed by atoms with Crippen LogP contribution in [0.5, 0.6) is 0 Å². The molecule has 1 N–H and O–H groups in total. The topological polar surface area (TPSA) is 89.8 Å². The van der Waals surface area contributed by atoms with Crippen LogP contribution in [-0.4, -0.2) is 32.1 Å². The molecule has 4 aromatic rings. The molecule has 182 valence electrons. The summed E-state index contributed by atoms with van der Waals surface area (Å²) in [5.41, 5.74) is 2.02. The minimum Gasteiger partial charge on any atom is -0.380 e. The molecule has 0 spiro atoms.